The van der Waals surface area contributed by atoms with Crippen molar-refractivity contribution in [1.82, 2.24) is 27.6 Å². The van der Waals surface area contributed by atoms with Crippen LogP contribution in [0.2, 0.25) is 0 Å². The highest BCUT2D eigenvalue weighted by Gasteiger charge is 2.49. The standard InChI is InChI=1S/C85H106Cl6N6O16P2/c1-56(2)96(57(3)4)114(108-54-82(86,87)88)112-72-48-76(110-74(72)52-106-84(62-26-20-18-21-27-62,64-30-38-68(102-11)39-31-64)65-32-40-69(103-12)41-33-65)94-50-60(9)78(98)92(80(94)100)46-24-16-15-17-25-47-93-79(99)61(10)51-95(81(93)101)77-49-73(113-115(109-55-83(89,90)91)97(58(5)6)59(7)8)75(111-77)53-107-85(63-28-22-19-23-29-63,66-34-42-70(104-13)43-35-66)67-36-44-71(105-14)45-37-67/h18-23,26-45,50-51,56-59,72-77H,15-17,24-25,46-49,52-55H2,1-14H3/t72-,73-,74+,75+,76+,77+,114?,115?/m0/s1. The Morgan fingerprint density at radius 2 is 0.696 bits per heavy atom. The molecule has 6 aromatic carbocycles. The fourth-order valence-corrected chi connectivity index (χ4v) is 19.4. The van der Waals surface area contributed by atoms with E-state index in [1.807, 2.05) is 213 Å². The number of methoxy groups -OCH3 is 4. The van der Waals surface area contributed by atoms with Gasteiger partial charge in [-0.05, 0) is 164 Å². The number of halogens is 6. The van der Waals surface area contributed by atoms with Crippen molar-refractivity contribution < 1.29 is 56.0 Å². The number of ether oxygens (including phenoxy) is 8. The molecule has 0 aliphatic carbocycles. The summed E-state index contributed by atoms with van der Waals surface area (Å²) in [7, 11) is 2.52. The second-order valence-corrected chi connectivity index (χ2v) is 37.6. The number of aryl methyl sites for hydroxylation is 2. The fourth-order valence-electron chi connectivity index (χ4n) is 15.0. The highest BCUT2D eigenvalue weighted by Crippen LogP contribution is 2.54. The van der Waals surface area contributed by atoms with Crippen LogP contribution in [0.1, 0.15) is 157 Å². The number of hydrogen-bond acceptors (Lipinski definition) is 18. The Morgan fingerprint density at radius 3 is 0.965 bits per heavy atom. The molecule has 22 nitrogen and oxygen atoms in total. The molecule has 8 atom stereocenters. The van der Waals surface area contributed by atoms with E-state index in [2.05, 4.69) is 9.34 Å². The Morgan fingerprint density at radius 1 is 0.417 bits per heavy atom. The first-order chi connectivity index (χ1) is 54.8. The first kappa shape index (κ1) is 91.4. The SMILES string of the molecule is COc1ccc(C(OC[C@H]2O[C@@H](n3cc(C)c(=O)n(CCCCCCCn4c(=O)c(C)cn([C@H]5C[C@H](OP(OCC(Cl)(Cl)Cl)N(C(C)C)C(C)C)[C@@H](COC(c6ccccc6)(c6ccc(OC)cc6)c6ccc(OC)cc6)O5)c4=O)c3=O)C[C@@H]2OP(OCC(Cl)(Cl)Cl)N(C(C)C)C(C)C)(c2ccccc2)c2ccc(OC)cc2)cc1. The van der Waals surface area contributed by atoms with Crippen molar-refractivity contribution in [1.29, 1.82) is 0 Å². The van der Waals surface area contributed by atoms with E-state index in [1.165, 1.54) is 30.7 Å². The summed E-state index contributed by atoms with van der Waals surface area (Å²) >= 11 is 38.2. The number of rotatable bonds is 40. The van der Waals surface area contributed by atoms with Crippen LogP contribution in [-0.2, 0) is 61.3 Å². The lowest BCUT2D eigenvalue weighted by Gasteiger charge is -2.39. The maximum Gasteiger partial charge on any atom is 0.333 e. The minimum atomic E-state index is -1.97. The van der Waals surface area contributed by atoms with Crippen molar-refractivity contribution in [2.75, 3.05) is 54.9 Å². The summed E-state index contributed by atoms with van der Waals surface area (Å²) < 4.78 is 84.6. The van der Waals surface area contributed by atoms with Crippen LogP contribution in [0.15, 0.2) is 189 Å². The highest BCUT2D eigenvalue weighted by atomic mass is 35.6. The molecule has 2 saturated heterocycles. The van der Waals surface area contributed by atoms with Crippen LogP contribution in [0.3, 0.4) is 0 Å². The van der Waals surface area contributed by atoms with Gasteiger partial charge in [0.15, 0.2) is 0 Å². The summed E-state index contributed by atoms with van der Waals surface area (Å²) in [6.45, 7) is 19.0. The molecule has 2 aromatic heterocycles. The average Bonchev–Trinajstić information content (AvgIpc) is 1.74. The minimum Gasteiger partial charge on any atom is -0.497 e. The molecule has 0 saturated carbocycles. The minimum absolute atomic E-state index is 0.0822. The zero-order valence-electron chi connectivity index (χ0n) is 67.5. The van der Waals surface area contributed by atoms with Crippen LogP contribution < -0.4 is 41.4 Å². The third-order valence-electron chi connectivity index (χ3n) is 20.4. The van der Waals surface area contributed by atoms with E-state index in [4.69, 9.17) is 126 Å². The summed E-state index contributed by atoms with van der Waals surface area (Å²) in [6, 6.07) is 50.1. The molecule has 2 unspecified atom stereocenters. The molecule has 115 heavy (non-hydrogen) atoms. The van der Waals surface area contributed by atoms with Gasteiger partial charge in [-0.3, -0.25) is 27.9 Å². The molecular formula is C85H106Cl6N6O16P2. The average molecular weight is 1740 g/mol. The van der Waals surface area contributed by atoms with Crippen molar-refractivity contribution in [2.24, 2.45) is 0 Å². The summed E-state index contributed by atoms with van der Waals surface area (Å²) in [6.07, 6.45) is 0.867. The first-order valence-electron chi connectivity index (χ1n) is 38.7. The maximum absolute atomic E-state index is 15.0. The van der Waals surface area contributed by atoms with Crippen molar-refractivity contribution >= 4 is 86.7 Å². The Hall–Kier alpha value is -5.92. The van der Waals surface area contributed by atoms with E-state index in [1.54, 1.807) is 42.3 Å². The van der Waals surface area contributed by atoms with Crippen LogP contribution in [0, 0.1) is 13.8 Å². The molecule has 0 radical (unpaired) electrons. The molecule has 0 amide bonds. The lowest BCUT2D eigenvalue weighted by Crippen LogP contribution is -2.42. The van der Waals surface area contributed by atoms with Gasteiger partial charge in [-0.15, -0.1) is 0 Å². The van der Waals surface area contributed by atoms with Gasteiger partial charge in [0.25, 0.3) is 28.2 Å². The molecule has 0 N–H and O–H groups in total. The molecule has 2 fully saturated rings. The van der Waals surface area contributed by atoms with Gasteiger partial charge < -0.3 is 56.0 Å². The molecule has 624 valence electrons. The number of aromatic nitrogens is 4. The van der Waals surface area contributed by atoms with Gasteiger partial charge in [-0.25, -0.2) is 18.9 Å². The van der Waals surface area contributed by atoms with E-state index in [0.29, 0.717) is 66.2 Å². The van der Waals surface area contributed by atoms with Crippen molar-refractivity contribution in [3.05, 3.63) is 256 Å². The molecule has 30 heteroatoms. The smallest absolute Gasteiger partial charge is 0.333 e. The van der Waals surface area contributed by atoms with Gasteiger partial charge in [0.1, 0.15) is 72.1 Å². The highest BCUT2D eigenvalue weighted by molar-refractivity contribution is 7.45. The van der Waals surface area contributed by atoms with Crippen molar-refractivity contribution in [2.45, 2.75) is 207 Å². The van der Waals surface area contributed by atoms with Gasteiger partial charge in [0.2, 0.25) is 7.59 Å². The lowest BCUT2D eigenvalue weighted by atomic mass is 9.80. The molecule has 2 aliphatic rings. The van der Waals surface area contributed by atoms with Crippen molar-refractivity contribution in [3.63, 3.8) is 0 Å². The largest absolute Gasteiger partial charge is 0.497 e. The van der Waals surface area contributed by atoms with Gasteiger partial charge in [-0.2, -0.15) is 0 Å². The molecule has 0 bridgehead atoms. The van der Waals surface area contributed by atoms with E-state index in [9.17, 15) is 9.59 Å². The second kappa shape index (κ2) is 41.4. The van der Waals surface area contributed by atoms with E-state index in [-0.39, 0.29) is 76.5 Å². The van der Waals surface area contributed by atoms with Crippen LogP contribution in [0.4, 0.5) is 0 Å². The van der Waals surface area contributed by atoms with Gasteiger partial charge in [-0.1, -0.05) is 198 Å². The summed E-state index contributed by atoms with van der Waals surface area (Å²) in [4.78, 5) is 58.5. The topological polar surface area (TPSA) is 205 Å². The molecular weight excluding hydrogens is 1640 g/mol. The third-order valence-corrected chi connectivity index (χ3v) is 25.2. The Kier molecular flexibility index (Phi) is 32.9. The molecule has 8 aromatic rings. The normalized spacial score (nSPS) is 18.2. The van der Waals surface area contributed by atoms with Crippen LogP contribution in [-0.4, -0.2) is 139 Å². The number of benzene rings is 6. The second-order valence-electron chi connectivity index (χ2n) is 29.7. The zero-order valence-corrected chi connectivity index (χ0v) is 73.8. The van der Waals surface area contributed by atoms with Gasteiger partial charge >= 0.3 is 11.4 Å². The number of unbranched alkanes of at least 4 members (excludes halogenated alkanes) is 4. The zero-order chi connectivity index (χ0) is 83.1. The van der Waals surface area contributed by atoms with Crippen LogP contribution >= 0.6 is 86.7 Å². The predicted molar refractivity (Wildman–Crippen MR) is 456 cm³/mol. The Labute approximate surface area is 706 Å². The van der Waals surface area contributed by atoms with Crippen molar-refractivity contribution in [3.8, 4) is 23.0 Å². The van der Waals surface area contributed by atoms with Crippen LogP contribution in [0.25, 0.3) is 0 Å². The number of hydrogen-bond donors (Lipinski definition) is 0. The molecule has 2 aliphatic heterocycles. The summed E-state index contributed by atoms with van der Waals surface area (Å²) in [5, 5.41) is 0. The predicted octanol–water partition coefficient (Wildman–Crippen LogP) is 18.5. The molecule has 4 heterocycles. The Balaban J connectivity index is 0.889. The first-order valence-corrected chi connectivity index (χ1v) is 43.2. The third kappa shape index (κ3) is 22.6. The number of alkyl halides is 6. The number of nitrogens with zero attached hydrogens (tertiary/aromatic N) is 6. The monoisotopic (exact) mass is 1740 g/mol. The van der Waals surface area contributed by atoms with Gasteiger partial charge in [0, 0.05) is 73.6 Å². The lowest BCUT2D eigenvalue weighted by molar-refractivity contribution is -0.0928. The molecule has 10 rings (SSSR count). The summed E-state index contributed by atoms with van der Waals surface area (Å²) in [5.41, 5.74) is 0.881. The van der Waals surface area contributed by atoms with Crippen LogP contribution in [0.5, 0.6) is 23.0 Å². The Bertz CT molecular complexity index is 4250. The fraction of sp³-hybridized carbons (Fsp3) is 0.482. The molecule has 0 spiro atoms. The summed E-state index contributed by atoms with van der Waals surface area (Å²) in [5.74, 6) is 2.61. The van der Waals surface area contributed by atoms with E-state index in [0.717, 1.165) is 33.4 Å². The maximum atomic E-state index is 15.0. The quantitative estimate of drug-likeness (QED) is 0.0151. The van der Waals surface area contributed by atoms with Gasteiger partial charge in [0.05, 0.1) is 53.9 Å². The van der Waals surface area contributed by atoms with E-state index < -0.39 is 95.2 Å². The van der Waals surface area contributed by atoms with E-state index >= 15 is 9.59 Å².